The molecule has 164 valence electrons. The highest BCUT2D eigenvalue weighted by Gasteiger charge is 2.35. The van der Waals surface area contributed by atoms with Gasteiger partial charge in [-0.05, 0) is 17.7 Å². The maximum absolute atomic E-state index is 13.2. The highest BCUT2D eigenvalue weighted by atomic mass is 19.4. The molecule has 0 saturated heterocycles. The van der Waals surface area contributed by atoms with Crippen molar-refractivity contribution in [3.8, 4) is 0 Å². The fraction of sp³-hybridized carbons (Fsp3) is 0.350. The molecule has 1 aromatic carbocycles. The molecule has 2 atom stereocenters. The van der Waals surface area contributed by atoms with E-state index in [4.69, 9.17) is 0 Å². The van der Waals surface area contributed by atoms with Gasteiger partial charge in [-0.2, -0.15) is 18.3 Å². The van der Waals surface area contributed by atoms with E-state index in [0.29, 0.717) is 23.5 Å². The molecule has 2 aromatic heterocycles. The smallest absolute Gasteiger partial charge is 0.354 e. The zero-order valence-corrected chi connectivity index (χ0v) is 16.5. The molecule has 2 N–H and O–H groups in total. The number of nitrogens with zero attached hydrogens (tertiary/aromatic N) is 4. The molecule has 0 bridgehead atoms. The molecule has 0 radical (unpaired) electrons. The number of benzene rings is 1. The summed E-state index contributed by atoms with van der Waals surface area (Å²) in [6, 6.07) is 5.06. The lowest BCUT2D eigenvalue weighted by molar-refractivity contribution is -0.137. The van der Waals surface area contributed by atoms with Crippen LogP contribution in [0.2, 0.25) is 0 Å². The predicted octanol–water partition coefficient (Wildman–Crippen LogP) is 3.57. The molecular weight excluding hydrogens is 416 g/mol. The third-order valence-electron chi connectivity index (χ3n) is 5.04. The Labute approximate surface area is 174 Å². The second-order valence-corrected chi connectivity index (χ2v) is 7.56. The molecule has 3 heterocycles. The van der Waals surface area contributed by atoms with Crippen LogP contribution in [-0.4, -0.2) is 33.0 Å². The van der Waals surface area contributed by atoms with Crippen molar-refractivity contribution in [3.63, 3.8) is 0 Å². The van der Waals surface area contributed by atoms with E-state index < -0.39 is 24.6 Å². The lowest BCUT2D eigenvalue weighted by atomic mass is 10.1. The van der Waals surface area contributed by atoms with Crippen LogP contribution in [0.4, 0.5) is 29.1 Å². The lowest BCUT2D eigenvalue weighted by Gasteiger charge is -2.27. The Morgan fingerprint density at radius 3 is 2.84 bits per heavy atom. The van der Waals surface area contributed by atoms with E-state index in [9.17, 15) is 22.4 Å². The molecular formula is C20H20F4N6O. The third kappa shape index (κ3) is 4.25. The maximum atomic E-state index is 13.2. The van der Waals surface area contributed by atoms with Gasteiger partial charge >= 0.3 is 6.18 Å². The van der Waals surface area contributed by atoms with Gasteiger partial charge in [-0.3, -0.25) is 13.9 Å². The van der Waals surface area contributed by atoms with Crippen LogP contribution in [-0.2, 0) is 12.7 Å². The van der Waals surface area contributed by atoms with Crippen LogP contribution in [0.5, 0.6) is 0 Å². The summed E-state index contributed by atoms with van der Waals surface area (Å²) in [5.74, 6) is 0.121. The maximum Gasteiger partial charge on any atom is 0.416 e. The molecule has 0 fully saturated rings. The van der Waals surface area contributed by atoms with E-state index in [0.717, 1.165) is 12.1 Å². The first-order valence-corrected chi connectivity index (χ1v) is 9.61. The molecule has 3 aromatic rings. The zero-order valence-electron chi connectivity index (χ0n) is 16.5. The first-order chi connectivity index (χ1) is 14.8. The fourth-order valence-corrected chi connectivity index (χ4v) is 3.56. The lowest BCUT2D eigenvalue weighted by Crippen LogP contribution is -2.33. The molecule has 0 saturated carbocycles. The number of hydrogen-bond acceptors (Lipinski definition) is 5. The number of fused-ring (bicyclic) bond motifs is 1. The molecule has 2 unspecified atom stereocenters. The van der Waals surface area contributed by atoms with Crippen molar-refractivity contribution >= 4 is 11.5 Å². The van der Waals surface area contributed by atoms with Gasteiger partial charge in [-0.25, -0.2) is 4.98 Å². The van der Waals surface area contributed by atoms with Gasteiger partial charge in [0.15, 0.2) is 5.82 Å². The highest BCUT2D eigenvalue weighted by Crippen LogP contribution is 2.37. The minimum atomic E-state index is -4.42. The molecule has 0 aliphatic carbocycles. The second kappa shape index (κ2) is 8.05. The molecule has 1 aliphatic heterocycles. The first-order valence-electron chi connectivity index (χ1n) is 9.61. The SMILES string of the molecule is CC(CF)CN1c2nc[nH]c(=O)c2NC1c1cnn(Cc2cccc(C(F)(F)F)c2)c1. The van der Waals surface area contributed by atoms with Crippen molar-refractivity contribution in [2.75, 3.05) is 23.4 Å². The molecule has 7 nitrogen and oxygen atoms in total. The summed E-state index contributed by atoms with van der Waals surface area (Å²) in [7, 11) is 0. The summed E-state index contributed by atoms with van der Waals surface area (Å²) >= 11 is 0. The summed E-state index contributed by atoms with van der Waals surface area (Å²) < 4.78 is 53.5. The minimum Gasteiger partial charge on any atom is -0.354 e. The predicted molar refractivity (Wildman–Crippen MR) is 106 cm³/mol. The standard InChI is InChI=1S/C20H20F4N6O/c1-12(6-21)8-30-17(28-16-18(30)25-11-26-19(16)31)14-7-27-29(10-14)9-13-3-2-4-15(5-13)20(22,23)24/h2-5,7,10-12,17,28H,6,8-9H2,1H3,(H,25,26,31). The minimum absolute atomic E-state index is 0.142. The Bertz CT molecular complexity index is 1130. The van der Waals surface area contributed by atoms with Crippen LogP contribution in [0.3, 0.4) is 0 Å². The van der Waals surface area contributed by atoms with Gasteiger partial charge in [0, 0.05) is 24.2 Å². The Morgan fingerprint density at radius 1 is 1.29 bits per heavy atom. The Hall–Kier alpha value is -3.37. The number of aromatic nitrogens is 4. The van der Waals surface area contributed by atoms with Gasteiger partial charge in [0.1, 0.15) is 11.9 Å². The third-order valence-corrected chi connectivity index (χ3v) is 5.04. The van der Waals surface area contributed by atoms with E-state index in [-0.39, 0.29) is 23.7 Å². The fourth-order valence-electron chi connectivity index (χ4n) is 3.56. The zero-order chi connectivity index (χ0) is 22.2. The van der Waals surface area contributed by atoms with Crippen LogP contribution in [0.1, 0.15) is 29.8 Å². The molecule has 11 heteroatoms. The van der Waals surface area contributed by atoms with E-state index in [1.807, 2.05) is 0 Å². The number of halogens is 4. The molecule has 31 heavy (non-hydrogen) atoms. The molecule has 0 spiro atoms. The summed E-state index contributed by atoms with van der Waals surface area (Å²) in [5, 5.41) is 7.36. The molecule has 1 aliphatic rings. The first kappa shape index (κ1) is 20.9. The van der Waals surface area contributed by atoms with Gasteiger partial charge in [0.05, 0.1) is 31.3 Å². The number of alkyl halides is 4. The van der Waals surface area contributed by atoms with Crippen LogP contribution in [0.15, 0.2) is 47.8 Å². The molecule has 4 rings (SSSR count). The summed E-state index contributed by atoms with van der Waals surface area (Å²) in [4.78, 5) is 20.7. The summed E-state index contributed by atoms with van der Waals surface area (Å²) in [6.45, 7) is 1.68. The van der Waals surface area contributed by atoms with Gasteiger partial charge < -0.3 is 15.2 Å². The van der Waals surface area contributed by atoms with Crippen molar-refractivity contribution in [1.82, 2.24) is 19.7 Å². The number of hydrogen-bond donors (Lipinski definition) is 2. The summed E-state index contributed by atoms with van der Waals surface area (Å²) in [6.07, 6.45) is -0.382. The largest absolute Gasteiger partial charge is 0.416 e. The van der Waals surface area contributed by atoms with E-state index >= 15 is 0 Å². The second-order valence-electron chi connectivity index (χ2n) is 7.56. The van der Waals surface area contributed by atoms with Crippen molar-refractivity contribution in [3.05, 3.63) is 70.0 Å². The van der Waals surface area contributed by atoms with Crippen molar-refractivity contribution in [2.45, 2.75) is 25.8 Å². The van der Waals surface area contributed by atoms with Crippen LogP contribution < -0.4 is 15.8 Å². The topological polar surface area (TPSA) is 78.8 Å². The average molecular weight is 436 g/mol. The van der Waals surface area contributed by atoms with Gasteiger partial charge in [0.2, 0.25) is 0 Å². The number of rotatable bonds is 6. The quantitative estimate of drug-likeness (QED) is 0.578. The Balaban J connectivity index is 1.59. The van der Waals surface area contributed by atoms with Crippen molar-refractivity contribution in [1.29, 1.82) is 0 Å². The van der Waals surface area contributed by atoms with Crippen molar-refractivity contribution < 1.29 is 17.6 Å². The number of anilines is 2. The monoisotopic (exact) mass is 436 g/mol. The van der Waals surface area contributed by atoms with Crippen LogP contribution in [0.25, 0.3) is 0 Å². The van der Waals surface area contributed by atoms with Crippen LogP contribution in [0, 0.1) is 5.92 Å². The van der Waals surface area contributed by atoms with Gasteiger partial charge in [-0.1, -0.05) is 19.1 Å². The van der Waals surface area contributed by atoms with E-state index in [2.05, 4.69) is 20.4 Å². The van der Waals surface area contributed by atoms with E-state index in [1.54, 1.807) is 30.3 Å². The highest BCUT2D eigenvalue weighted by molar-refractivity contribution is 5.71. The number of H-pyrrole nitrogens is 1. The summed E-state index contributed by atoms with van der Waals surface area (Å²) in [5.41, 5.74) is 0.344. The van der Waals surface area contributed by atoms with Gasteiger partial charge in [-0.15, -0.1) is 0 Å². The molecule has 0 amide bonds. The average Bonchev–Trinajstić information content (AvgIpc) is 3.33. The Morgan fingerprint density at radius 2 is 2.10 bits per heavy atom. The van der Waals surface area contributed by atoms with E-state index in [1.165, 1.54) is 17.1 Å². The number of nitrogens with one attached hydrogen (secondary N) is 2. The normalized spacial score (nSPS) is 16.8. The van der Waals surface area contributed by atoms with Gasteiger partial charge in [0.25, 0.3) is 5.56 Å². The number of aromatic amines is 1. The Kier molecular flexibility index (Phi) is 5.42. The van der Waals surface area contributed by atoms with Crippen LogP contribution >= 0.6 is 0 Å². The van der Waals surface area contributed by atoms with Crippen molar-refractivity contribution in [2.24, 2.45) is 5.92 Å².